The largest absolute Gasteiger partial charge is 0.493 e. The first-order valence-electron chi connectivity index (χ1n) is 13.9. The van der Waals surface area contributed by atoms with Gasteiger partial charge in [-0.1, -0.05) is 76.6 Å². The molecule has 4 aromatic carbocycles. The van der Waals surface area contributed by atoms with E-state index >= 15 is 0 Å². The molecule has 1 fully saturated rings. The summed E-state index contributed by atoms with van der Waals surface area (Å²) in [6, 6.07) is 33.4. The third-order valence-electron chi connectivity index (χ3n) is 7.36. The van der Waals surface area contributed by atoms with Gasteiger partial charge in [-0.05, 0) is 48.0 Å². The van der Waals surface area contributed by atoms with Gasteiger partial charge in [0, 0.05) is 42.6 Å². The Hall–Kier alpha value is -4.40. The second kappa shape index (κ2) is 12.6. The minimum Gasteiger partial charge on any atom is -0.493 e. The lowest BCUT2D eigenvalue weighted by atomic mass is 10.1. The molecule has 7 nitrogen and oxygen atoms in total. The summed E-state index contributed by atoms with van der Waals surface area (Å²) < 4.78 is 12.6. The number of para-hydroxylation sites is 2. The highest BCUT2D eigenvalue weighted by molar-refractivity contribution is 9.10. The number of nitrogens with zero attached hydrogens (tertiary/aromatic N) is 3. The number of nitrogens with one attached hydrogen (secondary N) is 1. The van der Waals surface area contributed by atoms with Crippen LogP contribution in [0.3, 0.4) is 0 Å². The van der Waals surface area contributed by atoms with Gasteiger partial charge in [0.05, 0.1) is 24.2 Å². The number of fused-ring (bicyclic) bond motifs is 1. The summed E-state index contributed by atoms with van der Waals surface area (Å²) in [7, 11) is 1.59. The number of rotatable bonds is 7. The molecule has 5 aromatic rings. The summed E-state index contributed by atoms with van der Waals surface area (Å²) in [5, 5.41) is 3.91. The summed E-state index contributed by atoms with van der Waals surface area (Å²) in [5.41, 5.74) is 4.77. The number of ether oxygens (including phenoxy) is 1. The smallest absolute Gasteiger partial charge is 0.261 e. The highest BCUT2D eigenvalue weighted by Gasteiger charge is 2.22. The molecule has 8 heteroatoms. The molecule has 0 unspecified atom stereocenters. The molecule has 0 aliphatic carbocycles. The van der Waals surface area contributed by atoms with Gasteiger partial charge in [0.2, 0.25) is 5.55 Å². The molecular formula is C34H31BrN4O3. The van der Waals surface area contributed by atoms with Gasteiger partial charge in [0.15, 0.2) is 11.3 Å². The van der Waals surface area contributed by atoms with Crippen molar-refractivity contribution in [3.8, 4) is 5.75 Å². The third kappa shape index (κ3) is 6.25. The van der Waals surface area contributed by atoms with E-state index in [1.165, 1.54) is 5.56 Å². The van der Waals surface area contributed by atoms with Crippen LogP contribution in [0.2, 0.25) is 0 Å². The van der Waals surface area contributed by atoms with E-state index in [1.807, 2.05) is 66.7 Å². The lowest BCUT2D eigenvalue weighted by Crippen LogP contribution is -2.46. The Labute approximate surface area is 253 Å². The topological polar surface area (TPSA) is 70.3 Å². The predicted molar refractivity (Wildman–Crippen MR) is 170 cm³/mol. The molecule has 1 aliphatic rings. The summed E-state index contributed by atoms with van der Waals surface area (Å²) in [6.45, 7) is 4.52. The fourth-order valence-electron chi connectivity index (χ4n) is 5.21. The van der Waals surface area contributed by atoms with Crippen molar-refractivity contribution in [1.82, 2.24) is 4.90 Å². The Morgan fingerprint density at radius 1 is 0.905 bits per heavy atom. The van der Waals surface area contributed by atoms with E-state index in [-0.39, 0.29) is 11.5 Å². The number of anilines is 2. The zero-order valence-corrected chi connectivity index (χ0v) is 24.9. The predicted octanol–water partition coefficient (Wildman–Crippen LogP) is 7.01. The Balaban J connectivity index is 1.30. The standard InChI is InChI=1S/C34H31BrN4O3/c1-41-31-14-8-11-25-21-28(34(42-32(25)31)36-27-12-6-3-7-13-27)33(40)37-29-22-26(35)15-16-30(29)39-19-17-38(18-20-39)23-24-9-4-2-5-10-24/h2-16,21-22H,17-20,23H2,1H3,(H,37,40). The van der Waals surface area contributed by atoms with Gasteiger partial charge in [0.25, 0.3) is 5.91 Å². The van der Waals surface area contributed by atoms with E-state index < -0.39 is 0 Å². The number of carbonyl (C=O) groups is 1. The number of hydrogen-bond donors (Lipinski definition) is 1. The van der Waals surface area contributed by atoms with E-state index in [1.54, 1.807) is 13.2 Å². The van der Waals surface area contributed by atoms with E-state index in [4.69, 9.17) is 14.1 Å². The van der Waals surface area contributed by atoms with Crippen molar-refractivity contribution in [3.63, 3.8) is 0 Å². The first kappa shape index (κ1) is 27.8. The van der Waals surface area contributed by atoms with Crippen LogP contribution in [0.25, 0.3) is 11.0 Å². The van der Waals surface area contributed by atoms with Crippen LogP contribution in [0.15, 0.2) is 117 Å². The lowest BCUT2D eigenvalue weighted by molar-refractivity contribution is 0.102. The number of methoxy groups -OCH3 is 1. The van der Waals surface area contributed by atoms with Crippen molar-refractivity contribution in [2.45, 2.75) is 6.54 Å². The second-order valence-corrected chi connectivity index (χ2v) is 11.1. The van der Waals surface area contributed by atoms with Gasteiger partial charge in [-0.2, -0.15) is 0 Å². The van der Waals surface area contributed by atoms with Crippen molar-refractivity contribution >= 4 is 49.9 Å². The first-order valence-corrected chi connectivity index (χ1v) is 14.7. The summed E-state index contributed by atoms with van der Waals surface area (Å²) >= 11 is 3.59. The van der Waals surface area contributed by atoms with E-state index in [0.717, 1.165) is 54.0 Å². The van der Waals surface area contributed by atoms with Gasteiger partial charge < -0.3 is 19.4 Å². The van der Waals surface area contributed by atoms with Crippen molar-refractivity contribution in [2.75, 3.05) is 43.5 Å². The van der Waals surface area contributed by atoms with Crippen LogP contribution in [0.1, 0.15) is 15.9 Å². The van der Waals surface area contributed by atoms with E-state index in [9.17, 15) is 4.79 Å². The minimum atomic E-state index is -0.305. The second-order valence-electron chi connectivity index (χ2n) is 10.2. The Bertz CT molecular complexity index is 1770. The Kier molecular flexibility index (Phi) is 8.35. The zero-order valence-electron chi connectivity index (χ0n) is 23.3. The van der Waals surface area contributed by atoms with Crippen LogP contribution in [-0.2, 0) is 6.54 Å². The summed E-state index contributed by atoms with van der Waals surface area (Å²) in [6.07, 6.45) is 0. The SMILES string of the molecule is COc1cccc2cc(C(=O)Nc3cc(Br)ccc3N3CCN(Cc4ccccc4)CC3)c(=Nc3ccccc3)oc12. The number of halogens is 1. The highest BCUT2D eigenvalue weighted by atomic mass is 79.9. The van der Waals surface area contributed by atoms with Crippen LogP contribution in [0.5, 0.6) is 5.75 Å². The zero-order chi connectivity index (χ0) is 28.9. The number of benzene rings is 4. The average molecular weight is 624 g/mol. The molecule has 6 rings (SSSR count). The normalized spacial score (nSPS) is 14.2. The number of piperazine rings is 1. The summed E-state index contributed by atoms with van der Waals surface area (Å²) in [4.78, 5) is 23.4. The van der Waals surface area contributed by atoms with Crippen LogP contribution in [0, 0.1) is 0 Å². The van der Waals surface area contributed by atoms with Gasteiger partial charge >= 0.3 is 0 Å². The first-order chi connectivity index (χ1) is 20.6. The Morgan fingerprint density at radius 3 is 2.38 bits per heavy atom. The van der Waals surface area contributed by atoms with Crippen LogP contribution < -0.4 is 20.5 Å². The van der Waals surface area contributed by atoms with Crippen LogP contribution in [0.4, 0.5) is 17.1 Å². The molecule has 1 N–H and O–H groups in total. The molecule has 1 saturated heterocycles. The highest BCUT2D eigenvalue weighted by Crippen LogP contribution is 2.31. The average Bonchev–Trinajstić information content (AvgIpc) is 3.02. The maximum atomic E-state index is 13.9. The number of amides is 1. The third-order valence-corrected chi connectivity index (χ3v) is 7.85. The molecule has 0 spiro atoms. The molecule has 1 amide bonds. The number of hydrogen-bond acceptors (Lipinski definition) is 6. The molecular weight excluding hydrogens is 592 g/mol. The van der Waals surface area contributed by atoms with Gasteiger partial charge in [-0.3, -0.25) is 9.69 Å². The molecule has 0 atom stereocenters. The van der Waals surface area contributed by atoms with Crippen molar-refractivity contribution in [2.24, 2.45) is 4.99 Å². The molecule has 1 aromatic heterocycles. The quantitative estimate of drug-likeness (QED) is 0.211. The fraction of sp³-hybridized carbons (Fsp3) is 0.176. The van der Waals surface area contributed by atoms with Crippen LogP contribution >= 0.6 is 15.9 Å². The number of carbonyl (C=O) groups excluding carboxylic acids is 1. The molecule has 0 radical (unpaired) electrons. The molecule has 1 aliphatic heterocycles. The fourth-order valence-corrected chi connectivity index (χ4v) is 5.57. The Morgan fingerprint density at radius 2 is 1.64 bits per heavy atom. The van der Waals surface area contributed by atoms with Crippen molar-refractivity contribution < 1.29 is 13.9 Å². The molecule has 42 heavy (non-hydrogen) atoms. The monoisotopic (exact) mass is 622 g/mol. The van der Waals surface area contributed by atoms with Crippen molar-refractivity contribution in [3.05, 3.63) is 124 Å². The maximum Gasteiger partial charge on any atom is 0.261 e. The van der Waals surface area contributed by atoms with E-state index in [2.05, 4.69) is 61.4 Å². The molecule has 212 valence electrons. The summed E-state index contributed by atoms with van der Waals surface area (Å²) in [5.74, 6) is 0.268. The van der Waals surface area contributed by atoms with Gasteiger partial charge in [-0.15, -0.1) is 0 Å². The van der Waals surface area contributed by atoms with Gasteiger partial charge in [-0.25, -0.2) is 4.99 Å². The molecule has 2 heterocycles. The minimum absolute atomic E-state index is 0.210. The van der Waals surface area contributed by atoms with E-state index in [0.29, 0.717) is 22.6 Å². The maximum absolute atomic E-state index is 13.9. The van der Waals surface area contributed by atoms with Crippen molar-refractivity contribution in [1.29, 1.82) is 0 Å². The lowest BCUT2D eigenvalue weighted by Gasteiger charge is -2.37. The molecule has 0 saturated carbocycles. The van der Waals surface area contributed by atoms with Gasteiger partial charge in [0.1, 0.15) is 5.56 Å². The molecule has 0 bridgehead atoms. The van der Waals surface area contributed by atoms with Crippen LogP contribution in [-0.4, -0.2) is 44.1 Å².